The van der Waals surface area contributed by atoms with Gasteiger partial charge in [-0.3, -0.25) is 9.59 Å². The molecule has 4 atom stereocenters. The number of likely N-dealkylation sites (N-methyl/N-ethyl adjacent to an activating group) is 1. The van der Waals surface area contributed by atoms with E-state index in [1.165, 1.54) is 0 Å². The summed E-state index contributed by atoms with van der Waals surface area (Å²) >= 11 is 0. The van der Waals surface area contributed by atoms with Crippen LogP contribution in [0.5, 0.6) is 0 Å². The average Bonchev–Trinajstić information content (AvgIpc) is 3.71. The van der Waals surface area contributed by atoms with Gasteiger partial charge in [0, 0.05) is 13.1 Å². The largest absolute Gasteiger partial charge is 0.356 e. The molecule has 2 heterocycles. The zero-order chi connectivity index (χ0) is 28.3. The third kappa shape index (κ3) is 5.47. The van der Waals surface area contributed by atoms with E-state index in [4.69, 9.17) is 18.9 Å². The molecule has 0 radical (unpaired) electrons. The van der Waals surface area contributed by atoms with Crippen molar-refractivity contribution in [3.05, 3.63) is 108 Å². The molecule has 2 saturated heterocycles. The summed E-state index contributed by atoms with van der Waals surface area (Å²) in [6, 6.07) is 29.7. The summed E-state index contributed by atoms with van der Waals surface area (Å²) in [5.74, 6) is -1.37. The Balaban J connectivity index is 1.44. The molecule has 1 amide bonds. The normalized spacial score (nSPS) is 23.5. The lowest BCUT2D eigenvalue weighted by Crippen LogP contribution is -2.43. The molecule has 0 spiro atoms. The van der Waals surface area contributed by atoms with Crippen LogP contribution in [0.2, 0.25) is 0 Å². The maximum absolute atomic E-state index is 13.9. The van der Waals surface area contributed by atoms with Crippen LogP contribution in [0.4, 0.5) is 0 Å². The van der Waals surface area contributed by atoms with Crippen LogP contribution >= 0.6 is 0 Å². The zero-order valence-corrected chi connectivity index (χ0v) is 23.5. The number of amides is 1. The first-order chi connectivity index (χ1) is 19.3. The first-order valence-corrected chi connectivity index (χ1v) is 13.9. The predicted molar refractivity (Wildman–Crippen MR) is 151 cm³/mol. The summed E-state index contributed by atoms with van der Waals surface area (Å²) in [6.07, 6.45) is -2.84. The molecule has 0 bridgehead atoms. The lowest BCUT2D eigenvalue weighted by molar-refractivity contribution is -0.159. The van der Waals surface area contributed by atoms with E-state index in [9.17, 15) is 9.59 Å². The Morgan fingerprint density at radius 3 is 1.68 bits per heavy atom. The number of hydrogen-bond acceptors (Lipinski definition) is 6. The van der Waals surface area contributed by atoms with Crippen LogP contribution in [-0.2, 0) is 34.1 Å². The number of nitrogens with zero attached hydrogens (tertiary/aromatic N) is 1. The first kappa shape index (κ1) is 28.2. The first-order valence-electron chi connectivity index (χ1n) is 13.9. The van der Waals surface area contributed by atoms with Crippen LogP contribution in [-0.4, -0.2) is 66.5 Å². The minimum Gasteiger partial charge on any atom is -0.356 e. The summed E-state index contributed by atoms with van der Waals surface area (Å²) < 4.78 is 24.7. The number of benzene rings is 3. The molecule has 0 aliphatic carbocycles. The van der Waals surface area contributed by atoms with Gasteiger partial charge in [0.05, 0.1) is 0 Å². The quantitative estimate of drug-likeness (QED) is 0.257. The summed E-state index contributed by atoms with van der Waals surface area (Å²) in [4.78, 5) is 28.5. The van der Waals surface area contributed by atoms with Gasteiger partial charge in [-0.1, -0.05) is 91.0 Å². The molecule has 40 heavy (non-hydrogen) atoms. The molecule has 210 valence electrons. The standard InChI is InChI=1S/C33H37NO6/c1-5-34(6-2)31(36)30-28(38-30)29-27(39-32(3,4)40-29)26(35)22-37-33(23-16-10-7-11-17-23,24-18-12-8-13-19-24)25-20-14-9-15-21-25/h7-21,27-30H,5-6,22H2,1-4H3/t27-,28-,29-,30+/m1/s1. The van der Waals surface area contributed by atoms with Gasteiger partial charge in [-0.25, -0.2) is 0 Å². The van der Waals surface area contributed by atoms with Gasteiger partial charge in [0.1, 0.15) is 24.4 Å². The van der Waals surface area contributed by atoms with Gasteiger partial charge >= 0.3 is 0 Å². The van der Waals surface area contributed by atoms with Gasteiger partial charge in [0.2, 0.25) is 0 Å². The summed E-state index contributed by atoms with van der Waals surface area (Å²) in [7, 11) is 0. The van der Waals surface area contributed by atoms with Gasteiger partial charge in [-0.2, -0.15) is 0 Å². The van der Waals surface area contributed by atoms with Crippen molar-refractivity contribution in [3.8, 4) is 0 Å². The Labute approximate surface area is 236 Å². The molecular formula is C33H37NO6. The maximum atomic E-state index is 13.9. The van der Waals surface area contributed by atoms with Crippen LogP contribution in [0.3, 0.4) is 0 Å². The van der Waals surface area contributed by atoms with E-state index in [1.54, 1.807) is 18.7 Å². The Hall–Kier alpha value is -3.36. The maximum Gasteiger partial charge on any atom is 0.254 e. The Bertz CT molecular complexity index is 1200. The molecule has 3 aromatic carbocycles. The predicted octanol–water partition coefficient (Wildman–Crippen LogP) is 4.72. The van der Waals surface area contributed by atoms with Gasteiger partial charge in [-0.15, -0.1) is 0 Å². The van der Waals surface area contributed by atoms with Crippen molar-refractivity contribution in [2.75, 3.05) is 19.7 Å². The molecule has 0 aromatic heterocycles. The van der Waals surface area contributed by atoms with Gasteiger partial charge in [0.15, 0.2) is 23.8 Å². The van der Waals surface area contributed by atoms with E-state index in [0.29, 0.717) is 13.1 Å². The Morgan fingerprint density at radius 1 is 0.750 bits per heavy atom. The molecule has 7 heteroatoms. The molecule has 2 aliphatic rings. The number of carbonyl (C=O) groups excluding carboxylic acids is 2. The minimum atomic E-state index is -1.04. The number of Topliss-reactive ketones (excluding diaryl/α,β-unsaturated/α-hetero) is 1. The van der Waals surface area contributed by atoms with Crippen molar-refractivity contribution < 1.29 is 28.5 Å². The molecule has 2 aliphatic heterocycles. The fourth-order valence-corrected chi connectivity index (χ4v) is 5.60. The molecule has 0 saturated carbocycles. The smallest absolute Gasteiger partial charge is 0.254 e. The molecular weight excluding hydrogens is 506 g/mol. The van der Waals surface area contributed by atoms with Gasteiger partial charge in [-0.05, 0) is 44.4 Å². The van der Waals surface area contributed by atoms with Crippen LogP contribution in [0, 0.1) is 0 Å². The number of ether oxygens (including phenoxy) is 4. The van der Waals surface area contributed by atoms with Crippen LogP contribution in [0.1, 0.15) is 44.4 Å². The Kier molecular flexibility index (Phi) is 8.19. The van der Waals surface area contributed by atoms with E-state index < -0.39 is 35.8 Å². The molecule has 5 rings (SSSR count). The number of carbonyl (C=O) groups is 2. The topological polar surface area (TPSA) is 77.6 Å². The van der Waals surface area contributed by atoms with Crippen molar-refractivity contribution in [3.63, 3.8) is 0 Å². The highest BCUT2D eigenvalue weighted by Gasteiger charge is 2.60. The fourth-order valence-electron chi connectivity index (χ4n) is 5.60. The number of ketones is 1. The minimum absolute atomic E-state index is 0.0954. The zero-order valence-electron chi connectivity index (χ0n) is 23.5. The van der Waals surface area contributed by atoms with E-state index >= 15 is 0 Å². The highest BCUT2D eigenvalue weighted by molar-refractivity contribution is 5.87. The summed E-state index contributed by atoms with van der Waals surface area (Å²) in [5, 5.41) is 0. The van der Waals surface area contributed by atoms with Crippen LogP contribution in [0.25, 0.3) is 0 Å². The second-order valence-corrected chi connectivity index (χ2v) is 10.6. The van der Waals surface area contributed by atoms with Gasteiger partial charge < -0.3 is 23.8 Å². The SMILES string of the molecule is CCN(CC)C(=O)[C@H]1O[C@@H]1[C@@H]1OC(C)(C)O[C@@H]1C(=O)COC(c1ccccc1)(c1ccccc1)c1ccccc1. The third-order valence-electron chi connectivity index (χ3n) is 7.59. The molecule has 0 N–H and O–H groups in total. The number of epoxide rings is 1. The second kappa shape index (κ2) is 11.6. The highest BCUT2D eigenvalue weighted by atomic mass is 16.8. The number of hydrogen-bond donors (Lipinski definition) is 0. The fraction of sp³-hybridized carbons (Fsp3) is 0.394. The molecule has 0 unspecified atom stereocenters. The molecule has 3 aromatic rings. The monoisotopic (exact) mass is 543 g/mol. The lowest BCUT2D eigenvalue weighted by Gasteiger charge is -2.36. The van der Waals surface area contributed by atoms with Crippen molar-refractivity contribution in [2.24, 2.45) is 0 Å². The molecule has 7 nitrogen and oxygen atoms in total. The van der Waals surface area contributed by atoms with Crippen LogP contribution in [0.15, 0.2) is 91.0 Å². The lowest BCUT2D eigenvalue weighted by atomic mass is 9.80. The van der Waals surface area contributed by atoms with E-state index in [1.807, 2.05) is 105 Å². The van der Waals surface area contributed by atoms with Crippen molar-refractivity contribution in [2.45, 2.75) is 63.5 Å². The summed E-state index contributed by atoms with van der Waals surface area (Å²) in [6.45, 7) is 8.33. The van der Waals surface area contributed by atoms with Crippen molar-refractivity contribution in [1.29, 1.82) is 0 Å². The van der Waals surface area contributed by atoms with E-state index in [2.05, 4.69) is 0 Å². The van der Waals surface area contributed by atoms with Crippen molar-refractivity contribution >= 4 is 11.7 Å². The second-order valence-electron chi connectivity index (χ2n) is 10.6. The summed E-state index contributed by atoms with van der Waals surface area (Å²) in [5.41, 5.74) is 1.66. The molecule has 2 fully saturated rings. The van der Waals surface area contributed by atoms with Crippen LogP contribution < -0.4 is 0 Å². The van der Waals surface area contributed by atoms with Crippen molar-refractivity contribution in [1.82, 2.24) is 4.90 Å². The van der Waals surface area contributed by atoms with E-state index in [0.717, 1.165) is 16.7 Å². The highest BCUT2D eigenvalue weighted by Crippen LogP contribution is 2.42. The van der Waals surface area contributed by atoms with E-state index in [-0.39, 0.29) is 18.3 Å². The Morgan fingerprint density at radius 2 is 1.23 bits per heavy atom. The number of rotatable bonds is 11. The van der Waals surface area contributed by atoms with Gasteiger partial charge in [0.25, 0.3) is 5.91 Å². The average molecular weight is 544 g/mol. The third-order valence-corrected chi connectivity index (χ3v) is 7.59.